The van der Waals surface area contributed by atoms with Crippen molar-refractivity contribution in [3.05, 3.63) is 12.7 Å². The molecule has 0 aromatic rings. The van der Waals surface area contributed by atoms with Gasteiger partial charge in [-0.05, 0) is 45.4 Å². The third kappa shape index (κ3) is 10.7. The van der Waals surface area contributed by atoms with E-state index in [1.807, 2.05) is 6.08 Å². The fraction of sp³-hybridized carbons (Fsp3) is 0.750. The molecule has 0 saturated heterocycles. The number of methoxy groups -OCH3 is 1. The second kappa shape index (κ2) is 12.9. The normalized spacial score (nSPS) is 11.9. The maximum atomic E-state index is 11.4. The lowest BCUT2D eigenvalue weighted by Gasteiger charge is -2.12. The second-order valence-corrected chi connectivity index (χ2v) is 4.99. The first kappa shape index (κ1) is 18.8. The number of ketones is 1. The predicted octanol–water partition coefficient (Wildman–Crippen LogP) is 3.30. The lowest BCUT2D eigenvalue weighted by molar-refractivity contribution is -0.144. The molecule has 0 aliphatic heterocycles. The first-order valence-corrected chi connectivity index (χ1v) is 7.37. The van der Waals surface area contributed by atoms with Gasteiger partial charge in [-0.25, -0.2) is 0 Å². The number of unbranched alkanes of at least 4 members (excludes halogenated alkanes) is 1. The van der Waals surface area contributed by atoms with Gasteiger partial charge in [0.15, 0.2) is 0 Å². The quantitative estimate of drug-likeness (QED) is 0.296. The van der Waals surface area contributed by atoms with Crippen LogP contribution in [0.15, 0.2) is 12.7 Å². The van der Waals surface area contributed by atoms with E-state index in [4.69, 9.17) is 9.47 Å². The molecule has 1 unspecified atom stereocenters. The van der Waals surface area contributed by atoms with Gasteiger partial charge in [0, 0.05) is 26.1 Å². The number of allylic oxidation sites excluding steroid dienone is 1. The molecule has 0 fully saturated rings. The van der Waals surface area contributed by atoms with Crippen molar-refractivity contribution in [3.63, 3.8) is 0 Å². The Morgan fingerprint density at radius 3 is 2.50 bits per heavy atom. The minimum atomic E-state index is -0.161. The summed E-state index contributed by atoms with van der Waals surface area (Å²) < 4.78 is 10.1. The maximum absolute atomic E-state index is 11.4. The molecule has 0 aliphatic carbocycles. The number of carbonyl (C=O) groups excluding carboxylic acids is 2. The fourth-order valence-corrected chi connectivity index (χ4v) is 1.97. The van der Waals surface area contributed by atoms with E-state index in [9.17, 15) is 9.59 Å². The average Bonchev–Trinajstić information content (AvgIpc) is 2.42. The highest BCUT2D eigenvalue weighted by molar-refractivity contribution is 5.78. The second-order valence-electron chi connectivity index (χ2n) is 4.99. The van der Waals surface area contributed by atoms with Gasteiger partial charge in [-0.1, -0.05) is 6.08 Å². The molecular weight excluding hydrogens is 256 g/mol. The van der Waals surface area contributed by atoms with Gasteiger partial charge in [0.2, 0.25) is 0 Å². The Morgan fingerprint density at radius 1 is 1.15 bits per heavy atom. The van der Waals surface area contributed by atoms with Gasteiger partial charge < -0.3 is 9.47 Å². The average molecular weight is 284 g/mol. The molecule has 0 aromatic heterocycles. The van der Waals surface area contributed by atoms with Crippen molar-refractivity contribution < 1.29 is 19.1 Å². The molecule has 0 aliphatic rings. The number of esters is 1. The van der Waals surface area contributed by atoms with E-state index < -0.39 is 0 Å². The van der Waals surface area contributed by atoms with Crippen LogP contribution in [0.2, 0.25) is 0 Å². The summed E-state index contributed by atoms with van der Waals surface area (Å²) in [4.78, 5) is 22.8. The maximum Gasteiger partial charge on any atom is 0.305 e. The van der Waals surface area contributed by atoms with Crippen molar-refractivity contribution in [2.24, 2.45) is 5.92 Å². The van der Waals surface area contributed by atoms with E-state index in [1.165, 1.54) is 0 Å². The van der Waals surface area contributed by atoms with Crippen LogP contribution in [0.4, 0.5) is 0 Å². The van der Waals surface area contributed by atoms with E-state index >= 15 is 0 Å². The SMILES string of the molecule is C=CCCC(CCCOC(=O)CCCCOC)C(C)=O. The molecule has 0 spiro atoms. The number of hydrogen-bond acceptors (Lipinski definition) is 4. The van der Waals surface area contributed by atoms with Crippen LogP contribution in [0.25, 0.3) is 0 Å². The molecule has 20 heavy (non-hydrogen) atoms. The van der Waals surface area contributed by atoms with Crippen molar-refractivity contribution in [1.29, 1.82) is 0 Å². The van der Waals surface area contributed by atoms with Crippen molar-refractivity contribution >= 4 is 11.8 Å². The molecule has 0 aromatic carbocycles. The van der Waals surface area contributed by atoms with Crippen molar-refractivity contribution in [2.75, 3.05) is 20.3 Å². The Labute approximate surface area is 122 Å². The van der Waals surface area contributed by atoms with Crippen LogP contribution in [0.1, 0.15) is 51.9 Å². The van der Waals surface area contributed by atoms with Gasteiger partial charge in [-0.3, -0.25) is 9.59 Å². The zero-order chi connectivity index (χ0) is 15.2. The molecule has 116 valence electrons. The first-order chi connectivity index (χ1) is 9.61. The van der Waals surface area contributed by atoms with E-state index in [1.54, 1.807) is 14.0 Å². The Hall–Kier alpha value is -1.16. The first-order valence-electron chi connectivity index (χ1n) is 7.37. The van der Waals surface area contributed by atoms with Gasteiger partial charge in [0.05, 0.1) is 6.61 Å². The molecule has 0 saturated carbocycles. The summed E-state index contributed by atoms with van der Waals surface area (Å²) in [5.41, 5.74) is 0. The molecule has 1 atom stereocenters. The summed E-state index contributed by atoms with van der Waals surface area (Å²) in [6.07, 6.45) is 7.15. The highest BCUT2D eigenvalue weighted by Crippen LogP contribution is 2.15. The van der Waals surface area contributed by atoms with Crippen molar-refractivity contribution in [3.8, 4) is 0 Å². The van der Waals surface area contributed by atoms with Crippen LogP contribution in [-0.4, -0.2) is 32.1 Å². The molecule has 0 radical (unpaired) electrons. The van der Waals surface area contributed by atoms with Gasteiger partial charge in [0.1, 0.15) is 5.78 Å². The summed E-state index contributed by atoms with van der Waals surface area (Å²) in [6.45, 7) is 6.37. The van der Waals surface area contributed by atoms with Gasteiger partial charge >= 0.3 is 5.97 Å². The zero-order valence-electron chi connectivity index (χ0n) is 12.9. The van der Waals surface area contributed by atoms with Gasteiger partial charge in [0.25, 0.3) is 0 Å². The van der Waals surface area contributed by atoms with Crippen LogP contribution >= 0.6 is 0 Å². The largest absolute Gasteiger partial charge is 0.466 e. The summed E-state index contributed by atoms with van der Waals surface area (Å²) >= 11 is 0. The van der Waals surface area contributed by atoms with Gasteiger partial charge in [-0.15, -0.1) is 6.58 Å². The Bertz CT molecular complexity index is 286. The van der Waals surface area contributed by atoms with Crippen LogP contribution in [0.5, 0.6) is 0 Å². The summed E-state index contributed by atoms with van der Waals surface area (Å²) in [7, 11) is 1.65. The molecule has 0 amide bonds. The lowest BCUT2D eigenvalue weighted by atomic mass is 9.94. The highest BCUT2D eigenvalue weighted by Gasteiger charge is 2.13. The molecule has 4 nitrogen and oxygen atoms in total. The smallest absolute Gasteiger partial charge is 0.305 e. The monoisotopic (exact) mass is 284 g/mol. The van der Waals surface area contributed by atoms with Crippen LogP contribution in [-0.2, 0) is 19.1 Å². The third-order valence-electron chi connectivity index (χ3n) is 3.23. The Morgan fingerprint density at radius 2 is 1.90 bits per heavy atom. The number of hydrogen-bond donors (Lipinski definition) is 0. The Balaban J connectivity index is 3.63. The third-order valence-corrected chi connectivity index (χ3v) is 3.23. The molecule has 0 N–H and O–H groups in total. The fourth-order valence-electron chi connectivity index (χ4n) is 1.97. The molecule has 0 bridgehead atoms. The standard InChI is InChI=1S/C16H28O4/c1-4-5-9-15(14(2)17)10-8-13-20-16(18)11-6-7-12-19-3/h4,15H,1,5-13H2,2-3H3. The summed E-state index contributed by atoms with van der Waals surface area (Å²) in [5.74, 6) is 0.109. The van der Waals surface area contributed by atoms with Gasteiger partial charge in [-0.2, -0.15) is 0 Å². The molecule has 0 rings (SSSR count). The minimum Gasteiger partial charge on any atom is -0.466 e. The van der Waals surface area contributed by atoms with Crippen molar-refractivity contribution in [2.45, 2.75) is 51.9 Å². The molecule has 0 heterocycles. The van der Waals surface area contributed by atoms with E-state index in [0.29, 0.717) is 19.6 Å². The summed E-state index contributed by atoms with van der Waals surface area (Å²) in [5, 5.41) is 0. The van der Waals surface area contributed by atoms with E-state index in [0.717, 1.165) is 38.5 Å². The number of Topliss-reactive ketones (excluding diaryl/α,β-unsaturated/α-hetero) is 1. The van der Waals surface area contributed by atoms with Crippen LogP contribution in [0.3, 0.4) is 0 Å². The molecule has 4 heteroatoms. The van der Waals surface area contributed by atoms with Crippen molar-refractivity contribution in [1.82, 2.24) is 0 Å². The Kier molecular flexibility index (Phi) is 12.1. The number of carbonyl (C=O) groups is 2. The molecular formula is C16H28O4. The minimum absolute atomic E-state index is 0.0633. The number of rotatable bonds is 13. The zero-order valence-corrected chi connectivity index (χ0v) is 12.9. The topological polar surface area (TPSA) is 52.6 Å². The lowest BCUT2D eigenvalue weighted by Crippen LogP contribution is -2.13. The summed E-state index contributed by atoms with van der Waals surface area (Å²) in [6, 6.07) is 0. The van der Waals surface area contributed by atoms with E-state index in [2.05, 4.69) is 6.58 Å². The predicted molar refractivity (Wildman–Crippen MR) is 79.5 cm³/mol. The van der Waals surface area contributed by atoms with Crippen LogP contribution in [0, 0.1) is 5.92 Å². The highest BCUT2D eigenvalue weighted by atomic mass is 16.5. The van der Waals surface area contributed by atoms with E-state index in [-0.39, 0.29) is 17.7 Å². The van der Waals surface area contributed by atoms with Crippen LogP contribution < -0.4 is 0 Å². The number of ether oxygens (including phenoxy) is 2.